The zero-order valence-corrected chi connectivity index (χ0v) is 13.2. The number of nitrogens with two attached hydrogens (primary N) is 1. The molecule has 21 heavy (non-hydrogen) atoms. The number of rotatable bonds is 5. The molecule has 1 heterocycles. The van der Waals surface area contributed by atoms with Crippen LogP contribution in [0, 0.1) is 12.8 Å². The molecule has 1 fully saturated rings. The topological polar surface area (TPSA) is 87.8 Å². The summed E-state index contributed by atoms with van der Waals surface area (Å²) in [5.41, 5.74) is 7.88. The largest absolute Gasteiger partial charge is 0.370 e. The van der Waals surface area contributed by atoms with Gasteiger partial charge in [0, 0.05) is 31.2 Å². The van der Waals surface area contributed by atoms with Crippen LogP contribution >= 0.6 is 0 Å². The predicted octanol–water partition coefficient (Wildman–Crippen LogP) is 1.00. The van der Waals surface area contributed by atoms with Gasteiger partial charge in [0.2, 0.25) is 10.0 Å². The van der Waals surface area contributed by atoms with Crippen molar-refractivity contribution in [2.24, 2.45) is 16.6 Å². The number of aliphatic imine (C=N–C) groups is 1. The van der Waals surface area contributed by atoms with E-state index in [4.69, 9.17) is 5.73 Å². The molecule has 0 unspecified atom stereocenters. The lowest BCUT2D eigenvalue weighted by atomic mass is 10.0. The van der Waals surface area contributed by atoms with Gasteiger partial charge in [-0.15, -0.1) is 0 Å². The van der Waals surface area contributed by atoms with E-state index in [0.29, 0.717) is 25.6 Å². The maximum absolute atomic E-state index is 11.6. The molecule has 1 aromatic rings. The van der Waals surface area contributed by atoms with Crippen LogP contribution in [0.15, 0.2) is 29.3 Å². The molecule has 0 saturated carbocycles. The molecule has 3 N–H and O–H groups in total. The van der Waals surface area contributed by atoms with E-state index in [-0.39, 0.29) is 11.7 Å². The van der Waals surface area contributed by atoms with Crippen molar-refractivity contribution in [3.63, 3.8) is 0 Å². The molecule has 1 aliphatic rings. The highest BCUT2D eigenvalue weighted by atomic mass is 32.2. The van der Waals surface area contributed by atoms with Gasteiger partial charge in [-0.05, 0) is 31.5 Å². The fourth-order valence-electron chi connectivity index (χ4n) is 2.19. The Labute approximate surface area is 126 Å². The van der Waals surface area contributed by atoms with Crippen LogP contribution in [0.25, 0.3) is 0 Å². The van der Waals surface area contributed by atoms with Crippen molar-refractivity contribution in [1.29, 1.82) is 0 Å². The fraction of sp³-hybridized carbons (Fsp3) is 0.500. The minimum absolute atomic E-state index is 0.153. The second-order valence-electron chi connectivity index (χ2n) is 5.30. The average molecular weight is 310 g/mol. The standard InChI is InChI=1S/C14H22N4O2S/c1-3-21(19,20)18-9-12(10-18)8-16-14(15)17-13-6-4-5-11(2)7-13/h4-7,12H,3,8-10H2,1-2H3,(H3,15,16,17). The van der Waals surface area contributed by atoms with Gasteiger partial charge in [0.15, 0.2) is 5.96 Å². The number of nitrogens with zero attached hydrogens (tertiary/aromatic N) is 2. The Balaban J connectivity index is 1.81. The number of hydrogen-bond acceptors (Lipinski definition) is 3. The van der Waals surface area contributed by atoms with Crippen molar-refractivity contribution in [2.75, 3.05) is 30.7 Å². The Morgan fingerprint density at radius 3 is 2.81 bits per heavy atom. The number of aryl methyl sites for hydroxylation is 1. The van der Waals surface area contributed by atoms with Gasteiger partial charge >= 0.3 is 0 Å². The Bertz CT molecular complexity index is 622. The van der Waals surface area contributed by atoms with Crippen LogP contribution in [-0.4, -0.2) is 44.1 Å². The van der Waals surface area contributed by atoms with E-state index in [1.807, 2.05) is 31.2 Å². The normalized spacial score (nSPS) is 17.5. The molecule has 0 radical (unpaired) electrons. The molecule has 0 spiro atoms. The van der Waals surface area contributed by atoms with Gasteiger partial charge in [-0.3, -0.25) is 4.99 Å². The van der Waals surface area contributed by atoms with Crippen molar-refractivity contribution in [1.82, 2.24) is 4.31 Å². The number of nitrogens with one attached hydrogen (secondary N) is 1. The van der Waals surface area contributed by atoms with Crippen LogP contribution in [0.3, 0.4) is 0 Å². The van der Waals surface area contributed by atoms with Crippen LogP contribution < -0.4 is 11.1 Å². The number of hydrogen-bond donors (Lipinski definition) is 2. The first-order valence-corrected chi connectivity index (χ1v) is 8.63. The average Bonchev–Trinajstić information content (AvgIpc) is 2.36. The molecule has 0 aliphatic carbocycles. The predicted molar refractivity (Wildman–Crippen MR) is 85.8 cm³/mol. The summed E-state index contributed by atoms with van der Waals surface area (Å²) in [4.78, 5) is 4.28. The lowest BCUT2D eigenvalue weighted by Gasteiger charge is -2.37. The molecular formula is C14H22N4O2S. The summed E-state index contributed by atoms with van der Waals surface area (Å²) in [5.74, 6) is 0.765. The van der Waals surface area contributed by atoms with E-state index in [9.17, 15) is 8.42 Å². The Morgan fingerprint density at radius 2 is 2.19 bits per heavy atom. The molecular weight excluding hydrogens is 288 g/mol. The van der Waals surface area contributed by atoms with Crippen molar-refractivity contribution in [3.05, 3.63) is 29.8 Å². The highest BCUT2D eigenvalue weighted by Gasteiger charge is 2.34. The summed E-state index contributed by atoms with van der Waals surface area (Å²) >= 11 is 0. The first-order valence-electron chi connectivity index (χ1n) is 7.02. The van der Waals surface area contributed by atoms with E-state index >= 15 is 0 Å². The van der Waals surface area contributed by atoms with Gasteiger partial charge in [0.05, 0.1) is 5.75 Å². The molecule has 0 aromatic heterocycles. The molecule has 7 heteroatoms. The monoisotopic (exact) mass is 310 g/mol. The molecule has 0 amide bonds. The molecule has 2 rings (SSSR count). The number of benzene rings is 1. The van der Waals surface area contributed by atoms with Crippen LogP contribution in [0.4, 0.5) is 5.69 Å². The summed E-state index contributed by atoms with van der Waals surface area (Å²) in [6, 6.07) is 7.87. The first kappa shape index (κ1) is 15.8. The van der Waals surface area contributed by atoms with Crippen molar-refractivity contribution in [3.8, 4) is 0 Å². The molecule has 0 bridgehead atoms. The SMILES string of the molecule is CCS(=O)(=O)N1CC(CN=C(N)Nc2cccc(C)c2)C1. The zero-order chi connectivity index (χ0) is 15.5. The highest BCUT2D eigenvalue weighted by Crippen LogP contribution is 2.20. The molecule has 1 aromatic carbocycles. The Hall–Kier alpha value is -1.60. The number of guanidine groups is 1. The highest BCUT2D eigenvalue weighted by molar-refractivity contribution is 7.89. The van der Waals surface area contributed by atoms with Crippen molar-refractivity contribution < 1.29 is 8.42 Å². The van der Waals surface area contributed by atoms with Gasteiger partial charge < -0.3 is 11.1 Å². The van der Waals surface area contributed by atoms with E-state index in [1.165, 1.54) is 4.31 Å². The fourth-order valence-corrected chi connectivity index (χ4v) is 3.43. The van der Waals surface area contributed by atoms with E-state index in [0.717, 1.165) is 11.3 Å². The van der Waals surface area contributed by atoms with Gasteiger partial charge in [0.1, 0.15) is 0 Å². The third-order valence-electron chi connectivity index (χ3n) is 3.49. The van der Waals surface area contributed by atoms with E-state index in [2.05, 4.69) is 10.3 Å². The van der Waals surface area contributed by atoms with Crippen LogP contribution in [0.1, 0.15) is 12.5 Å². The Kier molecular flexibility index (Phi) is 4.84. The summed E-state index contributed by atoms with van der Waals surface area (Å²) in [6.45, 7) is 5.29. The van der Waals surface area contributed by atoms with Crippen molar-refractivity contribution in [2.45, 2.75) is 13.8 Å². The summed E-state index contributed by atoms with van der Waals surface area (Å²) in [7, 11) is -3.05. The first-order chi connectivity index (χ1) is 9.90. The molecule has 116 valence electrons. The lowest BCUT2D eigenvalue weighted by molar-refractivity contribution is 0.208. The van der Waals surface area contributed by atoms with Crippen LogP contribution in [0.5, 0.6) is 0 Å². The third kappa shape index (κ3) is 4.18. The molecule has 0 atom stereocenters. The van der Waals surface area contributed by atoms with Crippen LogP contribution in [-0.2, 0) is 10.0 Å². The van der Waals surface area contributed by atoms with Gasteiger partial charge in [0.25, 0.3) is 0 Å². The minimum atomic E-state index is -3.05. The Morgan fingerprint density at radius 1 is 1.48 bits per heavy atom. The van der Waals surface area contributed by atoms with Gasteiger partial charge in [-0.1, -0.05) is 12.1 Å². The number of anilines is 1. The smallest absolute Gasteiger partial charge is 0.213 e. The third-order valence-corrected chi connectivity index (χ3v) is 5.31. The van der Waals surface area contributed by atoms with Gasteiger partial charge in [-0.2, -0.15) is 0 Å². The summed E-state index contributed by atoms with van der Waals surface area (Å²) in [6.07, 6.45) is 0. The molecule has 1 aliphatic heterocycles. The zero-order valence-electron chi connectivity index (χ0n) is 12.4. The maximum Gasteiger partial charge on any atom is 0.213 e. The lowest BCUT2D eigenvalue weighted by Crippen LogP contribution is -2.51. The summed E-state index contributed by atoms with van der Waals surface area (Å²) in [5, 5.41) is 3.03. The number of sulfonamides is 1. The van der Waals surface area contributed by atoms with Crippen molar-refractivity contribution >= 4 is 21.7 Å². The van der Waals surface area contributed by atoms with Crippen LogP contribution in [0.2, 0.25) is 0 Å². The summed E-state index contributed by atoms with van der Waals surface area (Å²) < 4.78 is 24.7. The van der Waals surface area contributed by atoms with Gasteiger partial charge in [-0.25, -0.2) is 12.7 Å². The molecule has 6 nitrogen and oxygen atoms in total. The maximum atomic E-state index is 11.6. The quantitative estimate of drug-likeness (QED) is 0.627. The van der Waals surface area contributed by atoms with E-state index in [1.54, 1.807) is 6.92 Å². The second kappa shape index (κ2) is 6.44. The second-order valence-corrected chi connectivity index (χ2v) is 7.56. The van der Waals surface area contributed by atoms with E-state index < -0.39 is 10.0 Å². The molecule has 1 saturated heterocycles. The minimum Gasteiger partial charge on any atom is -0.370 e.